The first-order valence-electron chi connectivity index (χ1n) is 9.41. The minimum Gasteiger partial charge on any atom is -0.462 e. The van der Waals surface area contributed by atoms with Gasteiger partial charge in [-0.1, -0.05) is 6.92 Å². The molecule has 0 aliphatic heterocycles. The summed E-state index contributed by atoms with van der Waals surface area (Å²) in [7, 11) is 0. The highest BCUT2D eigenvalue weighted by molar-refractivity contribution is 7.17. The number of aryl methyl sites for hydroxylation is 1. The number of ether oxygens (including phenoxy) is 1. The van der Waals surface area contributed by atoms with Crippen molar-refractivity contribution in [3.05, 3.63) is 39.7 Å². The SMILES string of the molecule is CCOC(=O)c1c(NC(=O)C(=O)N/N=C\c2ccc(C)o2)sc2c1CC[C@@H](C)C2. The number of hydrogen-bond acceptors (Lipinski definition) is 7. The number of esters is 1. The summed E-state index contributed by atoms with van der Waals surface area (Å²) in [5.41, 5.74) is 3.42. The Morgan fingerprint density at radius 2 is 2.14 bits per heavy atom. The van der Waals surface area contributed by atoms with E-state index in [1.54, 1.807) is 26.0 Å². The molecule has 0 saturated heterocycles. The van der Waals surface area contributed by atoms with Gasteiger partial charge in [0.2, 0.25) is 0 Å². The second-order valence-corrected chi connectivity index (χ2v) is 7.98. The Morgan fingerprint density at radius 1 is 1.34 bits per heavy atom. The smallest absolute Gasteiger partial charge is 0.341 e. The second-order valence-electron chi connectivity index (χ2n) is 6.88. The van der Waals surface area contributed by atoms with Crippen molar-refractivity contribution in [2.45, 2.75) is 40.0 Å². The van der Waals surface area contributed by atoms with Gasteiger partial charge in [0, 0.05) is 4.88 Å². The number of fused-ring (bicyclic) bond motifs is 1. The Bertz CT molecular complexity index is 959. The summed E-state index contributed by atoms with van der Waals surface area (Å²) in [5.74, 6) is -0.677. The summed E-state index contributed by atoms with van der Waals surface area (Å²) in [6.45, 7) is 5.89. The van der Waals surface area contributed by atoms with Crippen LogP contribution in [0.2, 0.25) is 0 Å². The molecular weight excluding hydrogens is 394 g/mol. The van der Waals surface area contributed by atoms with Gasteiger partial charge in [0.15, 0.2) is 0 Å². The fourth-order valence-corrected chi connectivity index (χ4v) is 4.54. The van der Waals surface area contributed by atoms with Crippen molar-refractivity contribution < 1.29 is 23.5 Å². The van der Waals surface area contributed by atoms with E-state index in [-0.39, 0.29) is 6.61 Å². The summed E-state index contributed by atoms with van der Waals surface area (Å²) in [5, 5.41) is 6.60. The number of nitrogens with zero attached hydrogens (tertiary/aromatic N) is 1. The third-order valence-electron chi connectivity index (χ3n) is 4.54. The van der Waals surface area contributed by atoms with E-state index in [0.29, 0.717) is 28.0 Å². The molecule has 3 rings (SSSR count). The van der Waals surface area contributed by atoms with Gasteiger partial charge in [0.25, 0.3) is 0 Å². The summed E-state index contributed by atoms with van der Waals surface area (Å²) in [4.78, 5) is 37.9. The number of anilines is 1. The molecule has 0 unspecified atom stereocenters. The van der Waals surface area contributed by atoms with Gasteiger partial charge < -0.3 is 14.5 Å². The minimum atomic E-state index is -0.945. The molecule has 154 valence electrons. The van der Waals surface area contributed by atoms with Crippen LogP contribution in [-0.4, -0.2) is 30.6 Å². The zero-order chi connectivity index (χ0) is 21.0. The summed E-state index contributed by atoms with van der Waals surface area (Å²) in [6.07, 6.45) is 3.84. The molecule has 2 aromatic heterocycles. The van der Waals surface area contributed by atoms with Gasteiger partial charge in [-0.2, -0.15) is 5.10 Å². The van der Waals surface area contributed by atoms with E-state index in [9.17, 15) is 14.4 Å². The molecule has 2 aromatic rings. The molecule has 8 nitrogen and oxygen atoms in total. The lowest BCUT2D eigenvalue weighted by molar-refractivity contribution is -0.136. The predicted molar refractivity (Wildman–Crippen MR) is 109 cm³/mol. The van der Waals surface area contributed by atoms with Crippen LogP contribution in [0.3, 0.4) is 0 Å². The molecule has 2 amide bonds. The van der Waals surface area contributed by atoms with Crippen LogP contribution in [-0.2, 0) is 27.2 Å². The molecule has 0 bridgehead atoms. The highest BCUT2D eigenvalue weighted by atomic mass is 32.1. The molecule has 0 spiro atoms. The van der Waals surface area contributed by atoms with Crippen LogP contribution in [0.15, 0.2) is 21.7 Å². The molecule has 2 N–H and O–H groups in total. The lowest BCUT2D eigenvalue weighted by Gasteiger charge is -2.18. The molecular formula is C20H23N3O5S. The van der Waals surface area contributed by atoms with Gasteiger partial charge in [0.1, 0.15) is 16.5 Å². The molecule has 1 aliphatic carbocycles. The number of carbonyl (C=O) groups is 3. The Labute approximate surface area is 172 Å². The largest absolute Gasteiger partial charge is 0.462 e. The predicted octanol–water partition coefficient (Wildman–Crippen LogP) is 3.04. The molecule has 1 atom stereocenters. The van der Waals surface area contributed by atoms with Gasteiger partial charge in [-0.3, -0.25) is 9.59 Å². The van der Waals surface area contributed by atoms with Crippen molar-refractivity contribution in [2.24, 2.45) is 11.0 Å². The van der Waals surface area contributed by atoms with Crippen molar-refractivity contribution >= 4 is 40.3 Å². The average Bonchev–Trinajstić information content (AvgIpc) is 3.24. The number of rotatable bonds is 5. The molecule has 9 heteroatoms. The van der Waals surface area contributed by atoms with E-state index >= 15 is 0 Å². The normalized spacial score (nSPS) is 15.8. The molecule has 0 radical (unpaired) electrons. The highest BCUT2D eigenvalue weighted by Crippen LogP contribution is 2.40. The molecule has 29 heavy (non-hydrogen) atoms. The third kappa shape index (κ3) is 4.92. The Hall–Kier alpha value is -2.94. The van der Waals surface area contributed by atoms with Gasteiger partial charge in [-0.15, -0.1) is 11.3 Å². The van der Waals surface area contributed by atoms with Crippen molar-refractivity contribution in [3.63, 3.8) is 0 Å². The Kier molecular flexibility index (Phi) is 6.48. The zero-order valence-corrected chi connectivity index (χ0v) is 17.4. The van der Waals surface area contributed by atoms with E-state index < -0.39 is 17.8 Å². The van der Waals surface area contributed by atoms with E-state index in [1.807, 2.05) is 0 Å². The maximum Gasteiger partial charge on any atom is 0.341 e. The monoisotopic (exact) mass is 417 g/mol. The van der Waals surface area contributed by atoms with E-state index in [2.05, 4.69) is 22.8 Å². The maximum atomic E-state index is 12.5. The van der Waals surface area contributed by atoms with Crippen LogP contribution in [0.25, 0.3) is 0 Å². The Morgan fingerprint density at radius 3 is 2.83 bits per heavy atom. The van der Waals surface area contributed by atoms with E-state index in [0.717, 1.165) is 29.7 Å². The fourth-order valence-electron chi connectivity index (χ4n) is 3.15. The van der Waals surface area contributed by atoms with Gasteiger partial charge in [-0.05, 0) is 56.7 Å². The average molecular weight is 417 g/mol. The third-order valence-corrected chi connectivity index (χ3v) is 5.71. The first-order valence-corrected chi connectivity index (χ1v) is 10.2. The van der Waals surface area contributed by atoms with Crippen molar-refractivity contribution in [2.75, 3.05) is 11.9 Å². The van der Waals surface area contributed by atoms with Crippen molar-refractivity contribution in [3.8, 4) is 0 Å². The number of amides is 2. The Balaban J connectivity index is 1.72. The maximum absolute atomic E-state index is 12.5. The van der Waals surface area contributed by atoms with Crippen molar-refractivity contribution in [1.82, 2.24) is 5.43 Å². The number of carbonyl (C=O) groups excluding carboxylic acids is 3. The zero-order valence-electron chi connectivity index (χ0n) is 16.5. The van der Waals surface area contributed by atoms with Crippen LogP contribution in [0.1, 0.15) is 52.6 Å². The van der Waals surface area contributed by atoms with Crippen LogP contribution in [0.5, 0.6) is 0 Å². The lowest BCUT2D eigenvalue weighted by atomic mass is 9.88. The molecule has 0 fully saturated rings. The second kappa shape index (κ2) is 9.04. The van der Waals surface area contributed by atoms with Crippen LogP contribution >= 0.6 is 11.3 Å². The van der Waals surface area contributed by atoms with Gasteiger partial charge >= 0.3 is 17.8 Å². The summed E-state index contributed by atoms with van der Waals surface area (Å²) < 4.78 is 10.5. The number of hydrazone groups is 1. The topological polar surface area (TPSA) is 110 Å². The quantitative estimate of drug-likeness (QED) is 0.336. The number of furan rings is 1. The van der Waals surface area contributed by atoms with Gasteiger partial charge in [0.05, 0.1) is 18.4 Å². The molecule has 0 aromatic carbocycles. The molecule has 1 aliphatic rings. The minimum absolute atomic E-state index is 0.231. The fraction of sp³-hybridized carbons (Fsp3) is 0.400. The van der Waals surface area contributed by atoms with Gasteiger partial charge in [-0.25, -0.2) is 10.2 Å². The van der Waals surface area contributed by atoms with Crippen LogP contribution in [0, 0.1) is 12.8 Å². The first kappa shape index (κ1) is 20.8. The number of hydrogen-bond donors (Lipinski definition) is 2. The van der Waals surface area contributed by atoms with Crippen LogP contribution < -0.4 is 10.7 Å². The standard InChI is InChI=1S/C20H23N3O5S/c1-4-27-20(26)16-14-8-5-11(2)9-15(14)29-19(16)22-17(24)18(25)23-21-10-13-7-6-12(3)28-13/h6-7,10-11H,4-5,8-9H2,1-3H3,(H,22,24)(H,23,25)/b21-10-/t11-/m1/s1. The molecule has 2 heterocycles. The number of nitrogens with one attached hydrogen (secondary N) is 2. The molecule has 0 saturated carbocycles. The highest BCUT2D eigenvalue weighted by Gasteiger charge is 2.30. The van der Waals surface area contributed by atoms with E-state index in [4.69, 9.17) is 9.15 Å². The summed E-state index contributed by atoms with van der Waals surface area (Å²) in [6, 6.07) is 3.44. The van der Waals surface area contributed by atoms with Crippen LogP contribution in [0.4, 0.5) is 5.00 Å². The first-order chi connectivity index (χ1) is 13.9. The number of thiophene rings is 1. The van der Waals surface area contributed by atoms with Crippen molar-refractivity contribution in [1.29, 1.82) is 0 Å². The lowest BCUT2D eigenvalue weighted by Crippen LogP contribution is -2.32. The summed E-state index contributed by atoms with van der Waals surface area (Å²) >= 11 is 1.32. The van der Waals surface area contributed by atoms with E-state index in [1.165, 1.54) is 17.6 Å².